The van der Waals surface area contributed by atoms with Crippen LogP contribution in [0, 0.1) is 11.3 Å². The lowest BCUT2D eigenvalue weighted by atomic mass is 10.1. The van der Waals surface area contributed by atoms with Crippen molar-refractivity contribution >= 4 is 39.9 Å². The standard InChI is InChI=1S/C15H12BrN3O4/c1-18-13(20)11(14(21)19(2)15(18)22)8-9-7-10(16)3-4-12(9)23-6-5-17/h3-4,7-8H,6H2,1-2H3. The highest BCUT2D eigenvalue weighted by atomic mass is 79.9. The topological polar surface area (TPSA) is 90.7 Å². The molecular formula is C15H12BrN3O4. The average molecular weight is 378 g/mol. The predicted molar refractivity (Wildman–Crippen MR) is 84.2 cm³/mol. The van der Waals surface area contributed by atoms with E-state index in [1.165, 1.54) is 20.2 Å². The Morgan fingerprint density at radius 3 is 2.39 bits per heavy atom. The lowest BCUT2D eigenvalue weighted by Crippen LogP contribution is -2.52. The second-order valence-electron chi connectivity index (χ2n) is 4.70. The molecule has 1 aromatic rings. The van der Waals surface area contributed by atoms with Gasteiger partial charge in [0.15, 0.2) is 6.61 Å². The number of hydrogen-bond donors (Lipinski definition) is 0. The van der Waals surface area contributed by atoms with Crippen molar-refractivity contribution in [3.05, 3.63) is 33.8 Å². The summed E-state index contributed by atoms with van der Waals surface area (Å²) in [4.78, 5) is 37.8. The molecule has 0 atom stereocenters. The van der Waals surface area contributed by atoms with Crippen molar-refractivity contribution in [1.29, 1.82) is 5.26 Å². The fourth-order valence-corrected chi connectivity index (χ4v) is 2.38. The largest absolute Gasteiger partial charge is 0.478 e. The first-order chi connectivity index (χ1) is 10.9. The molecule has 4 amide bonds. The van der Waals surface area contributed by atoms with Gasteiger partial charge in [0.2, 0.25) is 0 Å². The molecule has 0 saturated carbocycles. The monoisotopic (exact) mass is 377 g/mol. The first-order valence-electron chi connectivity index (χ1n) is 6.48. The molecule has 118 valence electrons. The zero-order chi connectivity index (χ0) is 17.1. The van der Waals surface area contributed by atoms with Crippen LogP contribution in [0.3, 0.4) is 0 Å². The van der Waals surface area contributed by atoms with Crippen LogP contribution in [-0.2, 0) is 9.59 Å². The first kappa shape index (κ1) is 16.7. The van der Waals surface area contributed by atoms with Gasteiger partial charge in [-0.2, -0.15) is 5.26 Å². The van der Waals surface area contributed by atoms with E-state index in [1.807, 2.05) is 6.07 Å². The fraction of sp³-hybridized carbons (Fsp3) is 0.200. The van der Waals surface area contributed by atoms with Crippen LogP contribution in [0.25, 0.3) is 6.08 Å². The third kappa shape index (κ3) is 3.24. The normalized spacial score (nSPS) is 14.9. The number of halogens is 1. The van der Waals surface area contributed by atoms with Gasteiger partial charge in [-0.15, -0.1) is 0 Å². The Bertz CT molecular complexity index is 740. The molecule has 23 heavy (non-hydrogen) atoms. The maximum Gasteiger partial charge on any atom is 0.333 e. The average Bonchev–Trinajstić information content (AvgIpc) is 2.54. The lowest BCUT2D eigenvalue weighted by molar-refractivity contribution is -0.134. The Hall–Kier alpha value is -2.66. The van der Waals surface area contributed by atoms with Crippen LogP contribution in [0.5, 0.6) is 5.75 Å². The molecule has 1 aliphatic heterocycles. The molecule has 8 heteroatoms. The van der Waals surface area contributed by atoms with Crippen molar-refractivity contribution in [2.24, 2.45) is 0 Å². The summed E-state index contributed by atoms with van der Waals surface area (Å²) in [6, 6.07) is 6.14. The van der Waals surface area contributed by atoms with Gasteiger partial charge < -0.3 is 4.74 Å². The van der Waals surface area contributed by atoms with Gasteiger partial charge >= 0.3 is 6.03 Å². The number of benzene rings is 1. The molecule has 1 heterocycles. The number of rotatable bonds is 3. The Morgan fingerprint density at radius 2 is 1.83 bits per heavy atom. The van der Waals surface area contributed by atoms with Gasteiger partial charge in [-0.05, 0) is 24.3 Å². The highest BCUT2D eigenvalue weighted by Gasteiger charge is 2.37. The van der Waals surface area contributed by atoms with E-state index in [-0.39, 0.29) is 12.2 Å². The molecule has 0 bridgehead atoms. The summed E-state index contributed by atoms with van der Waals surface area (Å²) in [5, 5.41) is 8.62. The molecule has 0 aliphatic carbocycles. The summed E-state index contributed by atoms with van der Waals surface area (Å²) in [5.74, 6) is -1.03. The zero-order valence-electron chi connectivity index (χ0n) is 12.4. The molecule has 0 unspecified atom stereocenters. The maximum atomic E-state index is 12.2. The molecule has 0 aromatic heterocycles. The van der Waals surface area contributed by atoms with Crippen LogP contribution in [0.2, 0.25) is 0 Å². The zero-order valence-corrected chi connectivity index (χ0v) is 14.0. The fourth-order valence-electron chi connectivity index (χ4n) is 2.00. The van der Waals surface area contributed by atoms with Crippen molar-refractivity contribution in [3.63, 3.8) is 0 Å². The number of hydrogen-bond acceptors (Lipinski definition) is 5. The van der Waals surface area contributed by atoms with E-state index in [4.69, 9.17) is 10.00 Å². The molecule has 1 fully saturated rings. The number of barbiturate groups is 1. The SMILES string of the molecule is CN1C(=O)C(=Cc2cc(Br)ccc2OCC#N)C(=O)N(C)C1=O. The van der Waals surface area contributed by atoms with Gasteiger partial charge in [-0.1, -0.05) is 15.9 Å². The molecule has 0 spiro atoms. The van der Waals surface area contributed by atoms with Crippen LogP contribution in [0.15, 0.2) is 28.2 Å². The number of carbonyl (C=O) groups excluding carboxylic acids is 3. The van der Waals surface area contributed by atoms with Crippen molar-refractivity contribution in [2.45, 2.75) is 0 Å². The molecule has 1 aliphatic rings. The van der Waals surface area contributed by atoms with E-state index >= 15 is 0 Å². The quantitative estimate of drug-likeness (QED) is 0.591. The summed E-state index contributed by atoms with van der Waals surface area (Å²) in [6.45, 7) is -0.169. The summed E-state index contributed by atoms with van der Waals surface area (Å²) in [7, 11) is 2.60. The predicted octanol–water partition coefficient (Wildman–Crippen LogP) is 1.79. The van der Waals surface area contributed by atoms with Crippen LogP contribution < -0.4 is 4.74 Å². The second-order valence-corrected chi connectivity index (χ2v) is 5.61. The van der Waals surface area contributed by atoms with Gasteiger partial charge in [0, 0.05) is 24.1 Å². The molecule has 7 nitrogen and oxygen atoms in total. The molecule has 0 N–H and O–H groups in total. The Morgan fingerprint density at radius 1 is 1.22 bits per heavy atom. The number of nitrogens with zero attached hydrogens (tertiary/aromatic N) is 3. The van der Waals surface area contributed by atoms with Crippen molar-refractivity contribution in [1.82, 2.24) is 9.80 Å². The minimum Gasteiger partial charge on any atom is -0.478 e. The molecule has 1 aromatic carbocycles. The minimum atomic E-state index is -0.690. The summed E-state index contributed by atoms with van der Waals surface area (Å²) >= 11 is 3.30. The Labute approximate surface area is 140 Å². The molecule has 2 rings (SSSR count). The second kappa shape index (κ2) is 6.62. The summed E-state index contributed by atoms with van der Waals surface area (Å²) in [5.41, 5.74) is 0.289. The van der Waals surface area contributed by atoms with Gasteiger partial charge in [0.1, 0.15) is 17.4 Å². The first-order valence-corrected chi connectivity index (χ1v) is 7.27. The number of likely N-dealkylation sites (N-methyl/N-ethyl adjacent to an activating group) is 2. The summed E-state index contributed by atoms with van der Waals surface area (Å²) < 4.78 is 6.00. The van der Waals surface area contributed by atoms with E-state index in [2.05, 4.69) is 15.9 Å². The summed E-state index contributed by atoms with van der Waals surface area (Å²) in [6.07, 6.45) is 1.35. The van der Waals surface area contributed by atoms with Crippen molar-refractivity contribution in [2.75, 3.05) is 20.7 Å². The van der Waals surface area contributed by atoms with E-state index in [9.17, 15) is 14.4 Å². The lowest BCUT2D eigenvalue weighted by Gasteiger charge is -2.29. The highest BCUT2D eigenvalue weighted by Crippen LogP contribution is 2.27. The number of urea groups is 1. The van der Waals surface area contributed by atoms with E-state index in [0.717, 1.165) is 9.80 Å². The number of amides is 4. The van der Waals surface area contributed by atoms with Crippen molar-refractivity contribution < 1.29 is 19.1 Å². The third-order valence-electron chi connectivity index (χ3n) is 3.21. The van der Waals surface area contributed by atoms with Gasteiger partial charge in [-0.25, -0.2) is 4.79 Å². The van der Waals surface area contributed by atoms with E-state index in [1.54, 1.807) is 18.2 Å². The molecule has 1 saturated heterocycles. The number of ether oxygens (including phenoxy) is 1. The minimum absolute atomic E-state index is 0.158. The number of carbonyl (C=O) groups is 3. The highest BCUT2D eigenvalue weighted by molar-refractivity contribution is 9.10. The smallest absolute Gasteiger partial charge is 0.333 e. The molecule has 0 radical (unpaired) electrons. The van der Waals surface area contributed by atoms with Gasteiger partial charge in [0.05, 0.1) is 0 Å². The van der Waals surface area contributed by atoms with Gasteiger partial charge in [-0.3, -0.25) is 19.4 Å². The van der Waals surface area contributed by atoms with E-state index < -0.39 is 17.8 Å². The number of nitriles is 1. The third-order valence-corrected chi connectivity index (χ3v) is 3.70. The van der Waals surface area contributed by atoms with Crippen LogP contribution in [0.4, 0.5) is 4.79 Å². The van der Waals surface area contributed by atoms with Crippen molar-refractivity contribution in [3.8, 4) is 11.8 Å². The molecular weight excluding hydrogens is 366 g/mol. The van der Waals surface area contributed by atoms with E-state index in [0.29, 0.717) is 15.8 Å². The van der Waals surface area contributed by atoms with Crippen LogP contribution in [0.1, 0.15) is 5.56 Å². The van der Waals surface area contributed by atoms with Crippen LogP contribution in [-0.4, -0.2) is 48.3 Å². The van der Waals surface area contributed by atoms with Crippen LogP contribution >= 0.6 is 15.9 Å². The maximum absolute atomic E-state index is 12.2. The van der Waals surface area contributed by atoms with Gasteiger partial charge in [0.25, 0.3) is 11.8 Å². The Balaban J connectivity index is 2.50. The number of imide groups is 2. The Kier molecular flexibility index (Phi) is 4.81.